The lowest BCUT2D eigenvalue weighted by Crippen LogP contribution is -2.44. The van der Waals surface area contributed by atoms with E-state index in [2.05, 4.69) is 4.98 Å². The Kier molecular flexibility index (Phi) is 6.51. The number of rotatable bonds is 4. The molecular weight excluding hydrogens is 428 g/mol. The smallest absolute Gasteiger partial charge is 0.410 e. The standard InChI is InChI=1S/C20H23ClN4O6/c1-20(2,3)31-19(26)24-8-9-29-15(11-24)12-4-6-13(7-5-12)30-17-14(21)10-23-18(22)16(17)25(27)28/h4-7,10,15H,8-9,11H2,1-3H3,(H2,22,23)/t15-/m1/s1. The van der Waals surface area contributed by atoms with Crippen LogP contribution >= 0.6 is 11.6 Å². The van der Waals surface area contributed by atoms with E-state index in [1.54, 1.807) is 29.2 Å². The molecule has 2 aromatic rings. The molecule has 0 spiro atoms. The third-order valence-electron chi connectivity index (χ3n) is 4.36. The Morgan fingerprint density at radius 3 is 2.65 bits per heavy atom. The number of ether oxygens (including phenoxy) is 3. The van der Waals surface area contributed by atoms with Crippen molar-refractivity contribution in [3.63, 3.8) is 0 Å². The van der Waals surface area contributed by atoms with E-state index in [-0.39, 0.29) is 22.7 Å². The van der Waals surface area contributed by atoms with E-state index in [0.717, 1.165) is 5.56 Å². The summed E-state index contributed by atoms with van der Waals surface area (Å²) in [6.07, 6.45) is 0.456. The van der Waals surface area contributed by atoms with E-state index in [0.29, 0.717) is 25.4 Å². The van der Waals surface area contributed by atoms with Crippen LogP contribution in [0.4, 0.5) is 16.3 Å². The van der Waals surface area contributed by atoms with Gasteiger partial charge >= 0.3 is 11.8 Å². The number of nitrogen functional groups attached to an aromatic ring is 1. The van der Waals surface area contributed by atoms with E-state index in [1.807, 2.05) is 20.8 Å². The third-order valence-corrected chi connectivity index (χ3v) is 4.63. The fraction of sp³-hybridized carbons (Fsp3) is 0.400. The summed E-state index contributed by atoms with van der Waals surface area (Å²) in [5.41, 5.74) is 5.33. The van der Waals surface area contributed by atoms with Crippen molar-refractivity contribution in [2.45, 2.75) is 32.5 Å². The Labute approximate surface area is 184 Å². The minimum absolute atomic E-state index is 0.0337. The number of carbonyl (C=O) groups excluding carboxylic acids is 1. The summed E-state index contributed by atoms with van der Waals surface area (Å²) in [5, 5.41) is 11.3. The van der Waals surface area contributed by atoms with Gasteiger partial charge in [0.25, 0.3) is 0 Å². The van der Waals surface area contributed by atoms with E-state index in [4.69, 9.17) is 31.5 Å². The summed E-state index contributed by atoms with van der Waals surface area (Å²) in [5.74, 6) is -0.157. The van der Waals surface area contributed by atoms with Gasteiger partial charge in [-0.15, -0.1) is 0 Å². The molecular formula is C20H23ClN4O6. The summed E-state index contributed by atoms with van der Waals surface area (Å²) in [7, 11) is 0. The van der Waals surface area contributed by atoms with Crippen LogP contribution in [0.3, 0.4) is 0 Å². The van der Waals surface area contributed by atoms with Gasteiger partial charge in [0.15, 0.2) is 0 Å². The Morgan fingerprint density at radius 2 is 2.03 bits per heavy atom. The number of pyridine rings is 1. The van der Waals surface area contributed by atoms with Crippen molar-refractivity contribution in [2.24, 2.45) is 0 Å². The third kappa shape index (κ3) is 5.53. The highest BCUT2D eigenvalue weighted by atomic mass is 35.5. The van der Waals surface area contributed by atoms with Gasteiger partial charge in [-0.05, 0) is 38.5 Å². The molecule has 1 aromatic carbocycles. The van der Waals surface area contributed by atoms with Crippen LogP contribution in [0.2, 0.25) is 5.02 Å². The molecule has 1 fully saturated rings. The van der Waals surface area contributed by atoms with E-state index in [9.17, 15) is 14.9 Å². The molecule has 3 rings (SSSR count). The molecule has 1 amide bonds. The van der Waals surface area contributed by atoms with E-state index >= 15 is 0 Å². The fourth-order valence-electron chi connectivity index (χ4n) is 2.96. The molecule has 10 nitrogen and oxygen atoms in total. The number of halogens is 1. The van der Waals surface area contributed by atoms with Gasteiger partial charge in [0.2, 0.25) is 11.6 Å². The molecule has 1 aliphatic heterocycles. The number of hydrogen-bond donors (Lipinski definition) is 1. The van der Waals surface area contributed by atoms with Crippen molar-refractivity contribution in [2.75, 3.05) is 25.4 Å². The molecule has 0 unspecified atom stereocenters. The largest absolute Gasteiger partial charge is 0.448 e. The topological polar surface area (TPSA) is 130 Å². The Bertz CT molecular complexity index is 977. The molecule has 1 aliphatic rings. The average molecular weight is 451 g/mol. The summed E-state index contributed by atoms with van der Waals surface area (Å²) in [6, 6.07) is 6.76. The highest BCUT2D eigenvalue weighted by Gasteiger charge is 2.29. The van der Waals surface area contributed by atoms with Crippen molar-refractivity contribution in [1.29, 1.82) is 0 Å². The first-order valence-electron chi connectivity index (χ1n) is 9.51. The first kappa shape index (κ1) is 22.6. The zero-order valence-electron chi connectivity index (χ0n) is 17.3. The van der Waals surface area contributed by atoms with Crippen molar-refractivity contribution in [3.05, 3.63) is 51.2 Å². The van der Waals surface area contributed by atoms with Gasteiger partial charge < -0.3 is 24.8 Å². The van der Waals surface area contributed by atoms with E-state index < -0.39 is 22.3 Å². The Balaban J connectivity index is 1.73. The van der Waals surface area contributed by atoms with Gasteiger partial charge in [-0.1, -0.05) is 23.7 Å². The zero-order valence-corrected chi connectivity index (χ0v) is 18.1. The lowest BCUT2D eigenvalue weighted by molar-refractivity contribution is -0.384. The van der Waals surface area contributed by atoms with Crippen molar-refractivity contribution in [3.8, 4) is 11.5 Å². The van der Waals surface area contributed by atoms with Gasteiger partial charge in [0.05, 0.1) is 24.3 Å². The fourth-order valence-corrected chi connectivity index (χ4v) is 3.14. The van der Waals surface area contributed by atoms with Crippen molar-refractivity contribution < 1.29 is 23.9 Å². The number of amides is 1. The van der Waals surface area contributed by atoms with Crippen LogP contribution in [0.25, 0.3) is 0 Å². The van der Waals surface area contributed by atoms with Crippen LogP contribution in [0.1, 0.15) is 32.4 Å². The van der Waals surface area contributed by atoms with Crippen LogP contribution in [0.15, 0.2) is 30.5 Å². The predicted molar refractivity (Wildman–Crippen MR) is 113 cm³/mol. The molecule has 1 atom stereocenters. The molecule has 0 bridgehead atoms. The maximum Gasteiger partial charge on any atom is 0.410 e. The summed E-state index contributed by atoms with van der Waals surface area (Å²) in [4.78, 5) is 28.2. The average Bonchev–Trinajstić information content (AvgIpc) is 2.70. The monoisotopic (exact) mass is 450 g/mol. The number of nitro groups is 1. The summed E-state index contributed by atoms with van der Waals surface area (Å²) < 4.78 is 16.8. The summed E-state index contributed by atoms with van der Waals surface area (Å²) >= 11 is 6.02. The highest BCUT2D eigenvalue weighted by Crippen LogP contribution is 2.40. The van der Waals surface area contributed by atoms with Crippen LogP contribution in [-0.4, -0.2) is 46.2 Å². The SMILES string of the molecule is CC(C)(C)OC(=O)N1CCO[C@@H](c2ccc(Oc3c(Cl)cnc(N)c3[N+](=O)[O-])cc2)C1. The van der Waals surface area contributed by atoms with Crippen molar-refractivity contribution in [1.82, 2.24) is 9.88 Å². The quantitative estimate of drug-likeness (QED) is 0.538. The molecule has 2 heterocycles. The normalized spacial score (nSPS) is 16.6. The van der Waals surface area contributed by atoms with Gasteiger partial charge in [0, 0.05) is 6.54 Å². The second-order valence-electron chi connectivity index (χ2n) is 7.88. The zero-order chi connectivity index (χ0) is 22.8. The van der Waals surface area contributed by atoms with Gasteiger partial charge in [0.1, 0.15) is 22.5 Å². The van der Waals surface area contributed by atoms with Crippen LogP contribution < -0.4 is 10.5 Å². The molecule has 1 aromatic heterocycles. The number of nitrogens with two attached hydrogens (primary N) is 1. The number of nitrogens with zero attached hydrogens (tertiary/aromatic N) is 3. The predicted octanol–water partition coefficient (Wildman–Crippen LogP) is 4.33. The second-order valence-corrected chi connectivity index (χ2v) is 8.29. The molecule has 0 saturated carbocycles. The maximum atomic E-state index is 12.3. The van der Waals surface area contributed by atoms with Gasteiger partial charge in [-0.25, -0.2) is 9.78 Å². The molecule has 31 heavy (non-hydrogen) atoms. The lowest BCUT2D eigenvalue weighted by atomic mass is 10.1. The number of benzene rings is 1. The number of morpholine rings is 1. The second kappa shape index (κ2) is 8.94. The molecule has 0 aliphatic carbocycles. The van der Waals surface area contributed by atoms with E-state index in [1.165, 1.54) is 6.20 Å². The molecule has 1 saturated heterocycles. The Morgan fingerprint density at radius 1 is 1.35 bits per heavy atom. The van der Waals surface area contributed by atoms with Crippen molar-refractivity contribution >= 4 is 29.2 Å². The molecule has 2 N–H and O–H groups in total. The maximum absolute atomic E-state index is 12.3. The lowest BCUT2D eigenvalue weighted by Gasteiger charge is -2.34. The molecule has 11 heteroatoms. The van der Waals surface area contributed by atoms with Crippen LogP contribution in [-0.2, 0) is 9.47 Å². The number of hydrogen-bond acceptors (Lipinski definition) is 8. The first-order valence-corrected chi connectivity index (χ1v) is 9.88. The van der Waals surface area contributed by atoms with Crippen LogP contribution in [0.5, 0.6) is 11.5 Å². The minimum atomic E-state index is -0.695. The summed E-state index contributed by atoms with van der Waals surface area (Å²) in [6.45, 7) is 6.60. The number of anilines is 1. The van der Waals surface area contributed by atoms with Crippen LogP contribution in [0, 0.1) is 10.1 Å². The highest BCUT2D eigenvalue weighted by molar-refractivity contribution is 6.32. The number of aromatic nitrogens is 1. The Hall–Kier alpha value is -3.11. The van der Waals surface area contributed by atoms with Gasteiger partial charge in [-0.2, -0.15) is 0 Å². The molecule has 166 valence electrons. The number of carbonyl (C=O) groups is 1. The van der Waals surface area contributed by atoms with Gasteiger partial charge in [-0.3, -0.25) is 10.1 Å². The first-order chi connectivity index (χ1) is 14.5. The minimum Gasteiger partial charge on any atom is -0.448 e. The molecule has 0 radical (unpaired) electrons.